The molecular weight excluding hydrogens is 310 g/mol. The Morgan fingerprint density at radius 2 is 2.08 bits per heavy atom. The van der Waals surface area contributed by atoms with Gasteiger partial charge >= 0.3 is 0 Å². The minimum Gasteiger partial charge on any atom is -0.378 e. The van der Waals surface area contributed by atoms with Crippen molar-refractivity contribution in [2.75, 3.05) is 45.9 Å². The number of rotatable bonds is 5. The van der Waals surface area contributed by atoms with E-state index in [1.807, 2.05) is 4.90 Å². The van der Waals surface area contributed by atoms with Gasteiger partial charge in [-0.25, -0.2) is 4.98 Å². The van der Waals surface area contributed by atoms with Crippen LogP contribution in [0.15, 0.2) is 12.5 Å². The van der Waals surface area contributed by atoms with E-state index in [2.05, 4.69) is 20.6 Å². The lowest BCUT2D eigenvalue weighted by Crippen LogP contribution is -2.51. The molecule has 0 aromatic carbocycles. The van der Waals surface area contributed by atoms with Crippen LogP contribution < -0.4 is 10.6 Å². The number of imidazole rings is 1. The molecule has 8 heteroatoms. The average molecular weight is 335 g/mol. The molecule has 0 spiro atoms. The SMILES string of the molecule is O=C(NCCc1cnc[nH]1)C1CNCC(C(=O)N2CCOCC2)C1. The summed E-state index contributed by atoms with van der Waals surface area (Å²) in [5, 5.41) is 6.19. The average Bonchev–Trinajstić information content (AvgIpc) is 3.15. The second-order valence-electron chi connectivity index (χ2n) is 6.34. The molecule has 132 valence electrons. The minimum absolute atomic E-state index is 0.0153. The maximum atomic E-state index is 12.6. The van der Waals surface area contributed by atoms with E-state index in [9.17, 15) is 9.59 Å². The zero-order valence-corrected chi connectivity index (χ0v) is 13.8. The highest BCUT2D eigenvalue weighted by atomic mass is 16.5. The Kier molecular flexibility index (Phi) is 5.81. The molecule has 2 unspecified atom stereocenters. The van der Waals surface area contributed by atoms with Gasteiger partial charge in [0.2, 0.25) is 11.8 Å². The first-order valence-electron chi connectivity index (χ1n) is 8.56. The summed E-state index contributed by atoms with van der Waals surface area (Å²) < 4.78 is 5.29. The third-order valence-corrected chi connectivity index (χ3v) is 4.64. The fourth-order valence-corrected chi connectivity index (χ4v) is 3.26. The van der Waals surface area contributed by atoms with Gasteiger partial charge in [-0.05, 0) is 6.42 Å². The van der Waals surface area contributed by atoms with Gasteiger partial charge in [-0.1, -0.05) is 0 Å². The highest BCUT2D eigenvalue weighted by Gasteiger charge is 2.33. The molecule has 2 aliphatic heterocycles. The van der Waals surface area contributed by atoms with E-state index in [-0.39, 0.29) is 23.7 Å². The summed E-state index contributed by atoms with van der Waals surface area (Å²) in [6.45, 7) is 4.34. The van der Waals surface area contributed by atoms with Gasteiger partial charge in [-0.2, -0.15) is 0 Å². The number of carbonyl (C=O) groups excluding carboxylic acids is 2. The Labute approximate surface area is 141 Å². The van der Waals surface area contributed by atoms with Crippen LogP contribution in [-0.2, 0) is 20.7 Å². The van der Waals surface area contributed by atoms with Crippen LogP contribution in [0.4, 0.5) is 0 Å². The molecule has 0 saturated carbocycles. The number of hydrogen-bond acceptors (Lipinski definition) is 5. The van der Waals surface area contributed by atoms with E-state index in [1.165, 1.54) is 0 Å². The first kappa shape index (κ1) is 16.9. The summed E-state index contributed by atoms with van der Waals surface area (Å²) in [7, 11) is 0. The largest absolute Gasteiger partial charge is 0.378 e. The molecule has 1 aromatic rings. The molecule has 3 rings (SSSR count). The van der Waals surface area contributed by atoms with E-state index in [1.54, 1.807) is 12.5 Å². The molecule has 8 nitrogen and oxygen atoms in total. The highest BCUT2D eigenvalue weighted by Crippen LogP contribution is 2.19. The minimum atomic E-state index is -0.157. The molecule has 24 heavy (non-hydrogen) atoms. The van der Waals surface area contributed by atoms with Crippen molar-refractivity contribution in [2.24, 2.45) is 11.8 Å². The van der Waals surface area contributed by atoms with Crippen LogP contribution in [0.5, 0.6) is 0 Å². The topological polar surface area (TPSA) is 99.3 Å². The normalized spacial score (nSPS) is 24.6. The van der Waals surface area contributed by atoms with Crippen LogP contribution in [0.2, 0.25) is 0 Å². The monoisotopic (exact) mass is 335 g/mol. The Morgan fingerprint density at radius 3 is 2.83 bits per heavy atom. The number of piperidine rings is 1. The van der Waals surface area contributed by atoms with Crippen molar-refractivity contribution in [3.63, 3.8) is 0 Å². The van der Waals surface area contributed by atoms with E-state index in [0.717, 1.165) is 12.1 Å². The van der Waals surface area contributed by atoms with Crippen molar-refractivity contribution < 1.29 is 14.3 Å². The number of nitrogens with one attached hydrogen (secondary N) is 3. The molecule has 3 N–H and O–H groups in total. The molecular formula is C16H25N5O3. The number of amides is 2. The fraction of sp³-hybridized carbons (Fsp3) is 0.688. The molecule has 2 atom stereocenters. The fourth-order valence-electron chi connectivity index (χ4n) is 3.26. The predicted molar refractivity (Wildman–Crippen MR) is 87.2 cm³/mol. The number of ether oxygens (including phenoxy) is 1. The van der Waals surface area contributed by atoms with Gasteiger partial charge in [-0.3, -0.25) is 9.59 Å². The summed E-state index contributed by atoms with van der Waals surface area (Å²) in [4.78, 5) is 33.8. The van der Waals surface area contributed by atoms with Crippen LogP contribution >= 0.6 is 0 Å². The third kappa shape index (κ3) is 4.33. The molecule has 2 saturated heterocycles. The molecule has 0 radical (unpaired) electrons. The van der Waals surface area contributed by atoms with Crippen molar-refractivity contribution in [1.29, 1.82) is 0 Å². The lowest BCUT2D eigenvalue weighted by atomic mass is 9.88. The zero-order valence-electron chi connectivity index (χ0n) is 13.8. The van der Waals surface area contributed by atoms with Crippen molar-refractivity contribution in [3.05, 3.63) is 18.2 Å². The van der Waals surface area contributed by atoms with Crippen molar-refractivity contribution in [1.82, 2.24) is 25.5 Å². The van der Waals surface area contributed by atoms with Crippen LogP contribution in [0.3, 0.4) is 0 Å². The van der Waals surface area contributed by atoms with Gasteiger partial charge in [-0.15, -0.1) is 0 Å². The molecule has 0 aliphatic carbocycles. The first-order valence-corrected chi connectivity index (χ1v) is 8.56. The van der Waals surface area contributed by atoms with E-state index >= 15 is 0 Å². The molecule has 2 amide bonds. The predicted octanol–water partition coefficient (Wildman–Crippen LogP) is -0.847. The van der Waals surface area contributed by atoms with E-state index in [0.29, 0.717) is 52.4 Å². The zero-order chi connectivity index (χ0) is 16.8. The standard InChI is InChI=1S/C16H25N5O3/c22-15(19-2-1-14-10-18-11-20-14)12-7-13(9-17-8-12)16(23)21-3-5-24-6-4-21/h10-13,17H,1-9H2,(H,18,20)(H,19,22). The Balaban J connectivity index is 1.45. The van der Waals surface area contributed by atoms with E-state index in [4.69, 9.17) is 4.74 Å². The van der Waals surface area contributed by atoms with Crippen LogP contribution in [-0.4, -0.2) is 72.6 Å². The number of H-pyrrole nitrogens is 1. The maximum Gasteiger partial charge on any atom is 0.227 e. The summed E-state index contributed by atoms with van der Waals surface area (Å²) in [5.74, 6) is -0.127. The molecule has 2 aliphatic rings. The van der Waals surface area contributed by atoms with Crippen molar-refractivity contribution in [2.45, 2.75) is 12.8 Å². The summed E-state index contributed by atoms with van der Waals surface area (Å²) in [6.07, 6.45) is 4.72. The molecule has 0 bridgehead atoms. The van der Waals surface area contributed by atoms with Crippen molar-refractivity contribution in [3.8, 4) is 0 Å². The highest BCUT2D eigenvalue weighted by molar-refractivity contribution is 5.83. The summed E-state index contributed by atoms with van der Waals surface area (Å²) >= 11 is 0. The van der Waals surface area contributed by atoms with E-state index < -0.39 is 0 Å². The first-order chi connectivity index (χ1) is 11.7. The third-order valence-electron chi connectivity index (χ3n) is 4.64. The number of morpholine rings is 1. The van der Waals surface area contributed by atoms with Crippen LogP contribution in [0, 0.1) is 11.8 Å². The Bertz CT molecular complexity index is 542. The second kappa shape index (κ2) is 8.25. The van der Waals surface area contributed by atoms with Crippen LogP contribution in [0.1, 0.15) is 12.1 Å². The van der Waals surface area contributed by atoms with Gasteiger partial charge in [0, 0.05) is 51.0 Å². The lowest BCUT2D eigenvalue weighted by molar-refractivity contribution is -0.141. The van der Waals surface area contributed by atoms with Gasteiger partial charge in [0.05, 0.1) is 31.4 Å². The smallest absolute Gasteiger partial charge is 0.227 e. The second-order valence-corrected chi connectivity index (χ2v) is 6.34. The summed E-state index contributed by atoms with van der Waals surface area (Å²) in [5.41, 5.74) is 0.998. The maximum absolute atomic E-state index is 12.6. The van der Waals surface area contributed by atoms with Gasteiger partial charge in [0.1, 0.15) is 0 Å². The molecule has 3 heterocycles. The van der Waals surface area contributed by atoms with Gasteiger partial charge in [0.15, 0.2) is 0 Å². The number of aromatic nitrogens is 2. The van der Waals surface area contributed by atoms with Gasteiger partial charge < -0.3 is 25.3 Å². The number of aromatic amines is 1. The summed E-state index contributed by atoms with van der Waals surface area (Å²) in [6, 6.07) is 0. The number of carbonyl (C=O) groups is 2. The number of hydrogen-bond donors (Lipinski definition) is 3. The van der Waals surface area contributed by atoms with Gasteiger partial charge in [0.25, 0.3) is 0 Å². The Hall–Kier alpha value is -1.93. The quantitative estimate of drug-likeness (QED) is 0.651. The molecule has 1 aromatic heterocycles. The lowest BCUT2D eigenvalue weighted by Gasteiger charge is -2.34. The van der Waals surface area contributed by atoms with Crippen molar-refractivity contribution >= 4 is 11.8 Å². The van der Waals surface area contributed by atoms with Crippen LogP contribution in [0.25, 0.3) is 0 Å². The molecule has 2 fully saturated rings. The Morgan fingerprint density at radius 1 is 1.29 bits per heavy atom. The number of nitrogens with zero attached hydrogens (tertiary/aromatic N) is 2.